The summed E-state index contributed by atoms with van der Waals surface area (Å²) in [5.41, 5.74) is 1.02. The summed E-state index contributed by atoms with van der Waals surface area (Å²) >= 11 is 0. The number of urea groups is 1. The van der Waals surface area contributed by atoms with Gasteiger partial charge in [-0.05, 0) is 37.8 Å². The van der Waals surface area contributed by atoms with E-state index in [4.69, 9.17) is 0 Å². The van der Waals surface area contributed by atoms with Crippen LogP contribution in [0.3, 0.4) is 0 Å². The van der Waals surface area contributed by atoms with Gasteiger partial charge in [-0.2, -0.15) is 0 Å². The van der Waals surface area contributed by atoms with Gasteiger partial charge in [0.15, 0.2) is 0 Å². The summed E-state index contributed by atoms with van der Waals surface area (Å²) in [4.78, 5) is 18.9. The van der Waals surface area contributed by atoms with Crippen LogP contribution in [0.5, 0.6) is 0 Å². The lowest BCUT2D eigenvalue weighted by Crippen LogP contribution is -2.49. The number of hydrogen-bond donors (Lipinski definition) is 3. The van der Waals surface area contributed by atoms with Gasteiger partial charge in [-0.25, -0.2) is 9.78 Å². The number of nitrogens with one attached hydrogen (secondary N) is 2. The van der Waals surface area contributed by atoms with Crippen molar-refractivity contribution in [1.82, 2.24) is 15.6 Å². The third-order valence-electron chi connectivity index (χ3n) is 5.09. The first-order valence-corrected chi connectivity index (χ1v) is 9.44. The van der Waals surface area contributed by atoms with Crippen LogP contribution in [-0.4, -0.2) is 47.9 Å². The largest absolute Gasteiger partial charge is 0.391 e. The molecule has 0 radical (unpaired) electrons. The highest BCUT2D eigenvalue weighted by Gasteiger charge is 2.22. The third kappa shape index (κ3) is 5.88. The van der Waals surface area contributed by atoms with E-state index in [-0.39, 0.29) is 18.0 Å². The highest BCUT2D eigenvalue weighted by Crippen LogP contribution is 2.18. The van der Waals surface area contributed by atoms with E-state index >= 15 is 0 Å². The first kappa shape index (κ1) is 19.5. The van der Waals surface area contributed by atoms with Crippen LogP contribution in [0.1, 0.15) is 45.2 Å². The molecule has 0 saturated carbocycles. The van der Waals surface area contributed by atoms with Gasteiger partial charge in [-0.3, -0.25) is 0 Å². The van der Waals surface area contributed by atoms with Crippen molar-refractivity contribution >= 4 is 11.8 Å². The van der Waals surface area contributed by atoms with Gasteiger partial charge in [0.2, 0.25) is 0 Å². The van der Waals surface area contributed by atoms with Crippen molar-refractivity contribution < 1.29 is 9.90 Å². The number of pyridine rings is 1. The van der Waals surface area contributed by atoms with Gasteiger partial charge in [0.05, 0.1) is 6.10 Å². The number of aromatic nitrogens is 1. The molecule has 6 nitrogen and oxygen atoms in total. The molecule has 1 fully saturated rings. The number of aliphatic hydroxyl groups is 1. The smallest absolute Gasteiger partial charge is 0.315 e. The molecule has 6 heteroatoms. The van der Waals surface area contributed by atoms with E-state index in [1.54, 1.807) is 0 Å². The number of rotatable bonds is 7. The monoisotopic (exact) mass is 348 g/mol. The summed E-state index contributed by atoms with van der Waals surface area (Å²) in [5, 5.41) is 15.9. The van der Waals surface area contributed by atoms with Gasteiger partial charge in [0.25, 0.3) is 0 Å². The highest BCUT2D eigenvalue weighted by atomic mass is 16.3. The summed E-state index contributed by atoms with van der Waals surface area (Å²) in [6.45, 7) is 8.21. The summed E-state index contributed by atoms with van der Waals surface area (Å²) in [5.74, 6) is 1.25. The minimum absolute atomic E-state index is 0.173. The maximum absolute atomic E-state index is 12.1. The number of carbonyl (C=O) groups excluding carboxylic acids is 1. The lowest BCUT2D eigenvalue weighted by molar-refractivity contribution is 0.103. The summed E-state index contributed by atoms with van der Waals surface area (Å²) in [7, 11) is 0. The van der Waals surface area contributed by atoms with Crippen molar-refractivity contribution in [2.45, 2.75) is 58.6 Å². The van der Waals surface area contributed by atoms with E-state index in [2.05, 4.69) is 34.4 Å². The molecule has 1 aliphatic rings. The standard InChI is InChI=1S/C19H32N4O2/c1-4-15(5-2)17(24)13-20-19(25)22-16-9-11-23(12-10-16)18-8-6-7-14(3)21-18/h6-8,15-17,24H,4-5,9-13H2,1-3H3,(H2,20,22,25)/t17-/m1/s1. The Bertz CT molecular complexity index is 540. The molecule has 1 aliphatic heterocycles. The number of aryl methyl sites for hydroxylation is 1. The maximum atomic E-state index is 12.1. The molecule has 0 unspecified atom stereocenters. The maximum Gasteiger partial charge on any atom is 0.315 e. The minimum Gasteiger partial charge on any atom is -0.391 e. The van der Waals surface area contributed by atoms with Crippen molar-refractivity contribution in [3.63, 3.8) is 0 Å². The molecular weight excluding hydrogens is 316 g/mol. The van der Waals surface area contributed by atoms with Gasteiger partial charge in [0.1, 0.15) is 5.82 Å². The van der Waals surface area contributed by atoms with Gasteiger partial charge in [-0.1, -0.05) is 32.8 Å². The Kier molecular flexibility index (Phi) is 7.50. The summed E-state index contributed by atoms with van der Waals surface area (Å²) < 4.78 is 0. The Labute approximate surface area is 151 Å². The lowest BCUT2D eigenvalue weighted by atomic mass is 9.97. The molecular formula is C19H32N4O2. The average molecular weight is 348 g/mol. The molecule has 1 saturated heterocycles. The van der Waals surface area contributed by atoms with Crippen molar-refractivity contribution in [3.05, 3.63) is 23.9 Å². The van der Waals surface area contributed by atoms with E-state index in [1.165, 1.54) is 0 Å². The predicted molar refractivity (Wildman–Crippen MR) is 101 cm³/mol. The van der Waals surface area contributed by atoms with E-state index in [9.17, 15) is 9.90 Å². The number of carbonyl (C=O) groups is 1. The van der Waals surface area contributed by atoms with Crippen molar-refractivity contribution in [3.8, 4) is 0 Å². The third-order valence-corrected chi connectivity index (χ3v) is 5.09. The lowest BCUT2D eigenvalue weighted by Gasteiger charge is -2.33. The molecule has 2 heterocycles. The fourth-order valence-corrected chi connectivity index (χ4v) is 3.39. The van der Waals surface area contributed by atoms with Crippen LogP contribution in [0.25, 0.3) is 0 Å². The number of aliphatic hydroxyl groups excluding tert-OH is 1. The highest BCUT2D eigenvalue weighted by molar-refractivity contribution is 5.74. The molecule has 0 bridgehead atoms. The van der Waals surface area contributed by atoms with Crippen molar-refractivity contribution in [2.75, 3.05) is 24.5 Å². The second-order valence-corrected chi connectivity index (χ2v) is 6.90. The zero-order valence-corrected chi connectivity index (χ0v) is 15.7. The van der Waals surface area contributed by atoms with Crippen LogP contribution in [0, 0.1) is 12.8 Å². The van der Waals surface area contributed by atoms with Gasteiger partial charge >= 0.3 is 6.03 Å². The zero-order valence-electron chi connectivity index (χ0n) is 15.7. The van der Waals surface area contributed by atoms with Crippen molar-refractivity contribution in [2.24, 2.45) is 5.92 Å². The number of nitrogens with zero attached hydrogens (tertiary/aromatic N) is 2. The molecule has 0 aromatic carbocycles. The van der Waals surface area contributed by atoms with Crippen molar-refractivity contribution in [1.29, 1.82) is 0 Å². The SMILES string of the molecule is CCC(CC)[C@H](O)CNC(=O)NC1CCN(c2cccc(C)n2)CC1. The molecule has 0 spiro atoms. The van der Waals surface area contributed by atoms with Crippen LogP contribution in [0.2, 0.25) is 0 Å². The van der Waals surface area contributed by atoms with Crippen LogP contribution in [0.15, 0.2) is 18.2 Å². The summed E-state index contributed by atoms with van der Waals surface area (Å²) in [6, 6.07) is 6.05. The van der Waals surface area contributed by atoms with Crippen LogP contribution in [-0.2, 0) is 0 Å². The molecule has 0 aliphatic carbocycles. The Hall–Kier alpha value is -1.82. The summed E-state index contributed by atoms with van der Waals surface area (Å²) in [6.07, 6.45) is 3.17. The number of piperidine rings is 1. The Morgan fingerprint density at radius 2 is 2.00 bits per heavy atom. The van der Waals surface area contributed by atoms with E-state index in [0.29, 0.717) is 6.54 Å². The second kappa shape index (κ2) is 9.61. The number of hydrogen-bond acceptors (Lipinski definition) is 4. The topological polar surface area (TPSA) is 77.5 Å². The zero-order chi connectivity index (χ0) is 18.2. The molecule has 25 heavy (non-hydrogen) atoms. The van der Waals surface area contributed by atoms with Crippen LogP contribution >= 0.6 is 0 Å². The molecule has 1 aromatic heterocycles. The average Bonchev–Trinajstić information content (AvgIpc) is 2.61. The Morgan fingerprint density at radius 3 is 2.60 bits per heavy atom. The number of anilines is 1. The fraction of sp³-hybridized carbons (Fsp3) is 0.684. The predicted octanol–water partition coefficient (Wildman–Crippen LogP) is 2.46. The first-order valence-electron chi connectivity index (χ1n) is 9.44. The van der Waals surface area contributed by atoms with Crippen LogP contribution < -0.4 is 15.5 Å². The fourth-order valence-electron chi connectivity index (χ4n) is 3.39. The van der Waals surface area contributed by atoms with E-state index < -0.39 is 6.10 Å². The number of amides is 2. The molecule has 2 amide bonds. The normalized spacial score (nSPS) is 16.8. The molecule has 140 valence electrons. The molecule has 3 N–H and O–H groups in total. The second-order valence-electron chi connectivity index (χ2n) is 6.90. The first-order chi connectivity index (χ1) is 12.0. The van der Waals surface area contributed by atoms with Gasteiger partial charge < -0.3 is 20.6 Å². The Balaban J connectivity index is 1.71. The molecule has 1 atom stereocenters. The molecule has 2 rings (SSSR count). The Morgan fingerprint density at radius 1 is 1.32 bits per heavy atom. The van der Waals surface area contributed by atoms with Gasteiger partial charge in [0, 0.05) is 31.4 Å². The molecule has 1 aromatic rings. The minimum atomic E-state index is -0.477. The van der Waals surface area contributed by atoms with Gasteiger partial charge in [-0.15, -0.1) is 0 Å². The van der Waals surface area contributed by atoms with E-state index in [0.717, 1.165) is 50.3 Å². The van der Waals surface area contributed by atoms with E-state index in [1.807, 2.05) is 25.1 Å². The quantitative estimate of drug-likeness (QED) is 0.707. The van der Waals surface area contributed by atoms with Crippen LogP contribution in [0.4, 0.5) is 10.6 Å².